The molecule has 0 radical (unpaired) electrons. The molecular weight excluding hydrogens is 221 g/mol. The molecule has 1 aromatic rings. The van der Waals surface area contributed by atoms with Crippen LogP contribution in [0.5, 0.6) is 0 Å². The summed E-state index contributed by atoms with van der Waals surface area (Å²) in [6.45, 7) is 3.05. The highest BCUT2D eigenvalue weighted by molar-refractivity contribution is 5.47. The smallest absolute Gasteiger partial charge is 0.370 e. The van der Waals surface area contributed by atoms with Crippen LogP contribution in [0.3, 0.4) is 0 Å². The Morgan fingerprint density at radius 3 is 2.25 bits per heavy atom. The Bertz CT molecular complexity index is 351. The van der Waals surface area contributed by atoms with E-state index in [0.29, 0.717) is 18.2 Å². The van der Waals surface area contributed by atoms with E-state index in [0.717, 1.165) is 0 Å². The first kappa shape index (κ1) is 12.5. The van der Waals surface area contributed by atoms with Gasteiger partial charge < -0.3 is 10.6 Å². The van der Waals surface area contributed by atoms with Crippen LogP contribution in [0.15, 0.2) is 6.07 Å². The van der Waals surface area contributed by atoms with Gasteiger partial charge >= 0.3 is 6.18 Å². The maximum Gasteiger partial charge on any atom is 0.405 e. The molecular formula is C9H13F3N4. The number of nitrogens with zero attached hydrogens (tertiary/aromatic N) is 2. The van der Waals surface area contributed by atoms with Gasteiger partial charge in [-0.05, 0) is 13.8 Å². The normalized spacial score (nSPS) is 11.3. The van der Waals surface area contributed by atoms with Crippen molar-refractivity contribution in [1.29, 1.82) is 0 Å². The van der Waals surface area contributed by atoms with Gasteiger partial charge in [0.25, 0.3) is 0 Å². The summed E-state index contributed by atoms with van der Waals surface area (Å²) in [5, 5.41) is 5.12. The summed E-state index contributed by atoms with van der Waals surface area (Å²) in [5.41, 5.74) is 0. The van der Waals surface area contributed by atoms with Crippen molar-refractivity contribution in [3.05, 3.63) is 11.9 Å². The first-order valence-electron chi connectivity index (χ1n) is 4.81. The maximum absolute atomic E-state index is 12.0. The lowest BCUT2D eigenvalue weighted by Gasteiger charge is -2.10. The number of hydrogen-bond donors (Lipinski definition) is 2. The summed E-state index contributed by atoms with van der Waals surface area (Å²) in [5.74, 6) is 1.10. The Labute approximate surface area is 91.3 Å². The molecule has 0 amide bonds. The highest BCUT2D eigenvalue weighted by Crippen LogP contribution is 2.17. The van der Waals surface area contributed by atoms with E-state index >= 15 is 0 Å². The van der Waals surface area contributed by atoms with E-state index < -0.39 is 12.7 Å². The van der Waals surface area contributed by atoms with Crippen molar-refractivity contribution in [1.82, 2.24) is 9.97 Å². The summed E-state index contributed by atoms with van der Waals surface area (Å²) < 4.78 is 35.9. The first-order valence-corrected chi connectivity index (χ1v) is 4.81. The van der Waals surface area contributed by atoms with Gasteiger partial charge in [-0.1, -0.05) is 0 Å². The molecule has 2 N–H and O–H groups in total. The molecule has 0 saturated heterocycles. The standard InChI is InChI=1S/C9H13F3N4/c1-3-13-7-4-8(16-6(2)15-7)14-5-9(10,11)12/h4H,3,5H2,1-2H3,(H2,13,14,15,16). The number of hydrogen-bond acceptors (Lipinski definition) is 4. The van der Waals surface area contributed by atoms with Gasteiger partial charge in [0.2, 0.25) is 0 Å². The molecule has 16 heavy (non-hydrogen) atoms. The van der Waals surface area contributed by atoms with E-state index in [1.165, 1.54) is 6.07 Å². The van der Waals surface area contributed by atoms with E-state index in [1.807, 2.05) is 6.92 Å². The summed E-state index contributed by atoms with van der Waals surface area (Å²) in [4.78, 5) is 7.88. The van der Waals surface area contributed by atoms with Crippen LogP contribution in [-0.2, 0) is 0 Å². The first-order chi connectivity index (χ1) is 7.40. The predicted molar refractivity (Wildman–Crippen MR) is 55.5 cm³/mol. The number of anilines is 2. The van der Waals surface area contributed by atoms with Crippen LogP contribution >= 0.6 is 0 Å². The van der Waals surface area contributed by atoms with Gasteiger partial charge in [0.15, 0.2) is 0 Å². The molecule has 1 aromatic heterocycles. The zero-order valence-corrected chi connectivity index (χ0v) is 9.02. The molecule has 7 heteroatoms. The Hall–Kier alpha value is -1.53. The summed E-state index contributed by atoms with van der Waals surface area (Å²) in [6, 6.07) is 1.45. The van der Waals surface area contributed by atoms with E-state index in [2.05, 4.69) is 20.6 Å². The fraction of sp³-hybridized carbons (Fsp3) is 0.556. The second-order valence-electron chi connectivity index (χ2n) is 3.18. The molecule has 0 aromatic carbocycles. The molecule has 0 atom stereocenters. The van der Waals surface area contributed by atoms with Gasteiger partial charge in [-0.25, -0.2) is 9.97 Å². The lowest BCUT2D eigenvalue weighted by atomic mass is 10.4. The molecule has 1 heterocycles. The van der Waals surface area contributed by atoms with Crippen molar-refractivity contribution in [3.8, 4) is 0 Å². The second-order valence-corrected chi connectivity index (χ2v) is 3.18. The van der Waals surface area contributed by atoms with E-state index in [4.69, 9.17) is 0 Å². The minimum absolute atomic E-state index is 0.167. The molecule has 0 fully saturated rings. The summed E-state index contributed by atoms with van der Waals surface area (Å²) >= 11 is 0. The monoisotopic (exact) mass is 234 g/mol. The molecule has 1 rings (SSSR count). The quantitative estimate of drug-likeness (QED) is 0.838. The van der Waals surface area contributed by atoms with Crippen molar-refractivity contribution in [2.24, 2.45) is 0 Å². The van der Waals surface area contributed by atoms with Crippen LogP contribution in [0.1, 0.15) is 12.7 Å². The zero-order chi connectivity index (χ0) is 12.2. The third kappa shape index (κ3) is 4.33. The van der Waals surface area contributed by atoms with Gasteiger partial charge in [0.1, 0.15) is 24.0 Å². The number of aromatic nitrogens is 2. The van der Waals surface area contributed by atoms with Crippen LogP contribution in [0, 0.1) is 6.92 Å². The highest BCUT2D eigenvalue weighted by atomic mass is 19.4. The van der Waals surface area contributed by atoms with Crippen LogP contribution in [-0.4, -0.2) is 29.2 Å². The van der Waals surface area contributed by atoms with Gasteiger partial charge in [-0.3, -0.25) is 0 Å². The van der Waals surface area contributed by atoms with Crippen molar-refractivity contribution < 1.29 is 13.2 Å². The molecule has 0 unspecified atom stereocenters. The number of aryl methyl sites for hydroxylation is 1. The van der Waals surface area contributed by atoms with Gasteiger partial charge in [-0.15, -0.1) is 0 Å². The number of rotatable bonds is 4. The Kier molecular flexibility index (Phi) is 3.92. The van der Waals surface area contributed by atoms with Crippen molar-refractivity contribution in [3.63, 3.8) is 0 Å². The fourth-order valence-electron chi connectivity index (χ4n) is 1.12. The number of alkyl halides is 3. The molecule has 0 saturated carbocycles. The van der Waals surface area contributed by atoms with Crippen LogP contribution < -0.4 is 10.6 Å². The van der Waals surface area contributed by atoms with E-state index in [-0.39, 0.29) is 5.82 Å². The molecule has 90 valence electrons. The van der Waals surface area contributed by atoms with Gasteiger partial charge in [-0.2, -0.15) is 13.2 Å². The van der Waals surface area contributed by atoms with E-state index in [1.54, 1.807) is 6.92 Å². The lowest BCUT2D eigenvalue weighted by molar-refractivity contribution is -0.115. The van der Waals surface area contributed by atoms with Gasteiger partial charge in [0.05, 0.1) is 0 Å². The molecule has 0 bridgehead atoms. The molecule has 0 aliphatic carbocycles. The fourth-order valence-corrected chi connectivity index (χ4v) is 1.12. The third-order valence-electron chi connectivity index (χ3n) is 1.67. The summed E-state index contributed by atoms with van der Waals surface area (Å²) in [7, 11) is 0. The zero-order valence-electron chi connectivity index (χ0n) is 9.02. The van der Waals surface area contributed by atoms with Crippen LogP contribution in [0.25, 0.3) is 0 Å². The van der Waals surface area contributed by atoms with Crippen molar-refractivity contribution >= 4 is 11.6 Å². The largest absolute Gasteiger partial charge is 0.405 e. The van der Waals surface area contributed by atoms with Crippen LogP contribution in [0.4, 0.5) is 24.8 Å². The summed E-state index contributed by atoms with van der Waals surface area (Å²) in [6.07, 6.45) is -4.25. The van der Waals surface area contributed by atoms with Gasteiger partial charge in [0, 0.05) is 12.6 Å². The number of nitrogens with one attached hydrogen (secondary N) is 2. The molecule has 0 aliphatic rings. The molecule has 0 aliphatic heterocycles. The minimum atomic E-state index is -4.25. The number of halogens is 3. The average molecular weight is 234 g/mol. The highest BCUT2D eigenvalue weighted by Gasteiger charge is 2.26. The minimum Gasteiger partial charge on any atom is -0.370 e. The molecule has 4 nitrogen and oxygen atoms in total. The average Bonchev–Trinajstić information content (AvgIpc) is 2.13. The van der Waals surface area contributed by atoms with Crippen LogP contribution in [0.2, 0.25) is 0 Å². The molecule has 0 spiro atoms. The van der Waals surface area contributed by atoms with Crippen molar-refractivity contribution in [2.75, 3.05) is 23.7 Å². The van der Waals surface area contributed by atoms with E-state index in [9.17, 15) is 13.2 Å². The Morgan fingerprint density at radius 1 is 1.19 bits per heavy atom. The third-order valence-corrected chi connectivity index (χ3v) is 1.67. The predicted octanol–water partition coefficient (Wildman–Crippen LogP) is 2.19. The second kappa shape index (κ2) is 5.00. The maximum atomic E-state index is 12.0. The SMILES string of the molecule is CCNc1cc(NCC(F)(F)F)nc(C)n1. The van der Waals surface area contributed by atoms with Crippen molar-refractivity contribution in [2.45, 2.75) is 20.0 Å². The lowest BCUT2D eigenvalue weighted by Crippen LogP contribution is -2.22. The Balaban J connectivity index is 2.72. The topological polar surface area (TPSA) is 49.8 Å². The Morgan fingerprint density at radius 2 is 1.75 bits per heavy atom.